The number of piperazine rings is 1. The second kappa shape index (κ2) is 10.2. The Hall–Kier alpha value is -2.48. The van der Waals surface area contributed by atoms with Crippen LogP contribution in [0.1, 0.15) is 50.0 Å². The van der Waals surface area contributed by atoms with E-state index in [0.29, 0.717) is 12.8 Å². The molecule has 0 aromatic heterocycles. The van der Waals surface area contributed by atoms with Gasteiger partial charge in [-0.3, -0.25) is 24.8 Å². The fraction of sp³-hybridized carbons (Fsp3) is 0.652. The van der Waals surface area contributed by atoms with Crippen LogP contribution < -0.4 is 10.2 Å². The molecule has 8 nitrogen and oxygen atoms in total. The standard InChI is InChI=1S/C23H33N5O3/c29-22-8-7-21(23(30)24-22)19-3-5-20(6-4-19)27-16-14-26(15-17-27)11-1-2-18-9-12-28(25-31)13-10-18/h3-6,18,21H,1-2,7-17H2,(H,24,29,30). The maximum absolute atomic E-state index is 12.1. The molecular formula is C23H33N5O3. The number of imide groups is 1. The molecule has 1 aromatic carbocycles. The van der Waals surface area contributed by atoms with Crippen molar-refractivity contribution in [2.45, 2.75) is 44.4 Å². The highest BCUT2D eigenvalue weighted by Gasteiger charge is 2.28. The highest BCUT2D eigenvalue weighted by molar-refractivity contribution is 6.00. The fourth-order valence-corrected chi connectivity index (χ4v) is 5.05. The molecule has 168 valence electrons. The van der Waals surface area contributed by atoms with Gasteiger partial charge in [0.25, 0.3) is 0 Å². The summed E-state index contributed by atoms with van der Waals surface area (Å²) in [6.45, 7) is 6.95. The predicted molar refractivity (Wildman–Crippen MR) is 120 cm³/mol. The zero-order chi connectivity index (χ0) is 21.6. The first-order chi connectivity index (χ1) is 15.1. The van der Waals surface area contributed by atoms with Crippen molar-refractivity contribution in [2.75, 3.05) is 50.7 Å². The van der Waals surface area contributed by atoms with Crippen LogP contribution in [-0.2, 0) is 9.59 Å². The smallest absolute Gasteiger partial charge is 0.234 e. The highest BCUT2D eigenvalue weighted by atomic mass is 16.3. The van der Waals surface area contributed by atoms with Gasteiger partial charge in [0.15, 0.2) is 0 Å². The van der Waals surface area contributed by atoms with Gasteiger partial charge in [-0.25, -0.2) is 0 Å². The minimum Gasteiger partial charge on any atom is -0.369 e. The molecule has 0 bridgehead atoms. The van der Waals surface area contributed by atoms with Gasteiger partial charge in [0.2, 0.25) is 11.8 Å². The van der Waals surface area contributed by atoms with Gasteiger partial charge < -0.3 is 4.90 Å². The Labute approximate surface area is 183 Å². The van der Waals surface area contributed by atoms with E-state index in [1.54, 1.807) is 5.01 Å². The predicted octanol–water partition coefficient (Wildman–Crippen LogP) is 2.50. The fourth-order valence-electron chi connectivity index (χ4n) is 5.05. The second-order valence-electron chi connectivity index (χ2n) is 9.04. The molecule has 3 heterocycles. The van der Waals surface area contributed by atoms with Crippen molar-refractivity contribution >= 4 is 17.5 Å². The second-order valence-corrected chi connectivity index (χ2v) is 9.04. The van der Waals surface area contributed by atoms with Crippen LogP contribution in [0.5, 0.6) is 0 Å². The van der Waals surface area contributed by atoms with Gasteiger partial charge in [0, 0.05) is 51.4 Å². The SMILES string of the molecule is O=NN1CCC(CCCN2CCN(c3ccc(C4CCC(=O)NC4=O)cc3)CC2)CC1. The lowest BCUT2D eigenvalue weighted by Gasteiger charge is -2.36. The molecule has 0 saturated carbocycles. The number of rotatable bonds is 7. The van der Waals surface area contributed by atoms with E-state index in [9.17, 15) is 14.5 Å². The van der Waals surface area contributed by atoms with Crippen LogP contribution in [0, 0.1) is 10.8 Å². The summed E-state index contributed by atoms with van der Waals surface area (Å²) in [4.78, 5) is 39.0. The zero-order valence-electron chi connectivity index (χ0n) is 18.2. The number of nitroso groups, excluding NO2 is 1. The normalized spacial score (nSPS) is 23.7. The lowest BCUT2D eigenvalue weighted by atomic mass is 9.90. The first kappa shape index (κ1) is 21.7. The number of nitrogens with zero attached hydrogens (tertiary/aromatic N) is 4. The van der Waals surface area contributed by atoms with Gasteiger partial charge in [-0.05, 0) is 62.3 Å². The third-order valence-corrected chi connectivity index (χ3v) is 7.07. The van der Waals surface area contributed by atoms with Crippen molar-refractivity contribution in [3.8, 4) is 0 Å². The van der Waals surface area contributed by atoms with Crippen LogP contribution in [0.3, 0.4) is 0 Å². The molecule has 1 N–H and O–H groups in total. The van der Waals surface area contributed by atoms with E-state index >= 15 is 0 Å². The van der Waals surface area contributed by atoms with Crippen LogP contribution in [0.15, 0.2) is 29.6 Å². The summed E-state index contributed by atoms with van der Waals surface area (Å²) in [6, 6.07) is 8.28. The summed E-state index contributed by atoms with van der Waals surface area (Å²) in [5, 5.41) is 7.13. The third-order valence-electron chi connectivity index (χ3n) is 7.07. The van der Waals surface area contributed by atoms with Crippen molar-refractivity contribution in [1.29, 1.82) is 0 Å². The van der Waals surface area contributed by atoms with Crippen molar-refractivity contribution in [3.05, 3.63) is 34.7 Å². The Kier molecular flexibility index (Phi) is 7.17. The van der Waals surface area contributed by atoms with Crippen LogP contribution in [0.25, 0.3) is 0 Å². The minimum absolute atomic E-state index is 0.170. The lowest BCUT2D eigenvalue weighted by molar-refractivity contribution is -0.134. The van der Waals surface area contributed by atoms with Crippen LogP contribution >= 0.6 is 0 Å². The number of nitrogens with one attached hydrogen (secondary N) is 1. The van der Waals surface area contributed by atoms with Crippen LogP contribution in [0.4, 0.5) is 5.69 Å². The summed E-state index contributed by atoms with van der Waals surface area (Å²) < 4.78 is 0. The highest BCUT2D eigenvalue weighted by Crippen LogP contribution is 2.27. The number of anilines is 1. The van der Waals surface area contributed by atoms with Crippen LogP contribution in [0.2, 0.25) is 0 Å². The molecule has 8 heteroatoms. The van der Waals surface area contributed by atoms with E-state index < -0.39 is 0 Å². The van der Waals surface area contributed by atoms with E-state index in [0.717, 1.165) is 70.1 Å². The largest absolute Gasteiger partial charge is 0.369 e. The van der Waals surface area contributed by atoms with E-state index in [1.807, 2.05) is 12.1 Å². The number of benzene rings is 1. The van der Waals surface area contributed by atoms with Gasteiger partial charge in [0.05, 0.1) is 11.2 Å². The Morgan fingerprint density at radius 2 is 1.65 bits per heavy atom. The molecule has 2 amide bonds. The molecule has 1 aromatic rings. The topological polar surface area (TPSA) is 85.3 Å². The summed E-state index contributed by atoms with van der Waals surface area (Å²) in [5.74, 6) is 0.174. The summed E-state index contributed by atoms with van der Waals surface area (Å²) >= 11 is 0. The quantitative estimate of drug-likeness (QED) is 0.532. The minimum atomic E-state index is -0.217. The van der Waals surface area contributed by atoms with Gasteiger partial charge >= 0.3 is 0 Å². The summed E-state index contributed by atoms with van der Waals surface area (Å²) in [6.07, 6.45) is 5.66. The van der Waals surface area contributed by atoms with Gasteiger partial charge in [-0.2, -0.15) is 0 Å². The number of hydrogen-bond donors (Lipinski definition) is 1. The number of piperidine rings is 2. The average molecular weight is 428 g/mol. The molecule has 0 spiro atoms. The molecule has 3 aliphatic heterocycles. The maximum atomic E-state index is 12.1. The molecule has 4 rings (SSSR count). The molecule has 1 unspecified atom stereocenters. The number of amides is 2. The molecule has 31 heavy (non-hydrogen) atoms. The Morgan fingerprint density at radius 1 is 0.935 bits per heavy atom. The maximum Gasteiger partial charge on any atom is 0.234 e. The summed E-state index contributed by atoms with van der Waals surface area (Å²) in [5.41, 5.74) is 2.19. The van der Waals surface area contributed by atoms with Crippen molar-refractivity contribution in [2.24, 2.45) is 11.2 Å². The lowest BCUT2D eigenvalue weighted by Crippen LogP contribution is -2.46. The van der Waals surface area contributed by atoms with Crippen molar-refractivity contribution in [3.63, 3.8) is 0 Å². The van der Waals surface area contributed by atoms with Gasteiger partial charge in [0.1, 0.15) is 0 Å². The monoisotopic (exact) mass is 427 g/mol. The molecule has 0 aliphatic carbocycles. The zero-order valence-corrected chi connectivity index (χ0v) is 18.2. The van der Waals surface area contributed by atoms with Crippen molar-refractivity contribution in [1.82, 2.24) is 15.2 Å². The van der Waals surface area contributed by atoms with E-state index in [1.165, 1.54) is 18.5 Å². The van der Waals surface area contributed by atoms with E-state index in [4.69, 9.17) is 0 Å². The van der Waals surface area contributed by atoms with Crippen LogP contribution in [-0.4, -0.2) is 67.5 Å². The Bertz CT molecular complexity index is 768. The molecule has 3 fully saturated rings. The number of carbonyl (C=O) groups is 2. The molecule has 3 aliphatic rings. The first-order valence-corrected chi connectivity index (χ1v) is 11.6. The van der Waals surface area contributed by atoms with E-state index in [-0.39, 0.29) is 17.7 Å². The number of hydrogen-bond acceptors (Lipinski definition) is 6. The van der Waals surface area contributed by atoms with Gasteiger partial charge in [-0.1, -0.05) is 12.1 Å². The summed E-state index contributed by atoms with van der Waals surface area (Å²) in [7, 11) is 0. The third kappa shape index (κ3) is 5.61. The average Bonchev–Trinajstić information content (AvgIpc) is 2.80. The first-order valence-electron chi connectivity index (χ1n) is 11.6. The molecule has 0 radical (unpaired) electrons. The van der Waals surface area contributed by atoms with Gasteiger partial charge in [-0.15, -0.1) is 4.91 Å². The van der Waals surface area contributed by atoms with E-state index in [2.05, 4.69) is 32.5 Å². The molecule has 1 atom stereocenters. The van der Waals surface area contributed by atoms with Crippen molar-refractivity contribution < 1.29 is 9.59 Å². The Morgan fingerprint density at radius 3 is 2.29 bits per heavy atom. The Balaban J connectivity index is 1.18. The molecular weight excluding hydrogens is 394 g/mol. The molecule has 3 saturated heterocycles. The number of carbonyl (C=O) groups excluding carboxylic acids is 2.